The monoisotopic (exact) mass is 554 g/mol. The standard InChI is InChI=1S/C32H34N4O5/c1-20-25-15-16-32(2,41-30(25)27-6-4-3-5-26(27)29(20)38)17-18-39-23-11-7-21(8-12-23)35-28(37)19-40-24-13-9-22(10-14-24)36-31(33)34/h3-14,38H,15-19H2,1-2H3,(H,35,37)(H4,33,34,36). The molecular weight excluding hydrogens is 520 g/mol. The van der Waals surface area contributed by atoms with Gasteiger partial charge in [0.25, 0.3) is 5.91 Å². The van der Waals surface area contributed by atoms with Crippen LogP contribution in [-0.2, 0) is 11.2 Å². The highest BCUT2D eigenvalue weighted by molar-refractivity contribution is 5.96. The van der Waals surface area contributed by atoms with Crippen LogP contribution in [0.1, 0.15) is 30.9 Å². The van der Waals surface area contributed by atoms with Crippen LogP contribution < -0.4 is 31.0 Å². The second-order valence-corrected chi connectivity index (χ2v) is 10.4. The van der Waals surface area contributed by atoms with Gasteiger partial charge in [-0.2, -0.15) is 0 Å². The normalized spacial score (nSPS) is 15.9. The van der Waals surface area contributed by atoms with Gasteiger partial charge in [0.15, 0.2) is 12.6 Å². The van der Waals surface area contributed by atoms with Crippen molar-refractivity contribution in [2.24, 2.45) is 16.5 Å². The van der Waals surface area contributed by atoms with E-state index in [0.717, 1.165) is 40.5 Å². The van der Waals surface area contributed by atoms with E-state index in [1.165, 1.54) is 0 Å². The number of guanidine groups is 1. The SMILES string of the molecule is Cc1c2c(c3ccccc3c1O)OC(C)(CCOc1ccc(NC(=O)COc3ccc(N=C(N)N)cc3)cc1)CC2. The second-order valence-electron chi connectivity index (χ2n) is 10.4. The summed E-state index contributed by atoms with van der Waals surface area (Å²) >= 11 is 0. The fourth-order valence-corrected chi connectivity index (χ4v) is 4.98. The van der Waals surface area contributed by atoms with E-state index in [9.17, 15) is 9.90 Å². The predicted molar refractivity (Wildman–Crippen MR) is 160 cm³/mol. The zero-order chi connectivity index (χ0) is 29.0. The summed E-state index contributed by atoms with van der Waals surface area (Å²) in [6.45, 7) is 4.39. The smallest absolute Gasteiger partial charge is 0.262 e. The van der Waals surface area contributed by atoms with Gasteiger partial charge in [0, 0.05) is 28.4 Å². The first-order chi connectivity index (χ1) is 19.7. The molecule has 1 aliphatic heterocycles. The van der Waals surface area contributed by atoms with E-state index in [1.807, 2.05) is 43.3 Å². The molecule has 0 spiro atoms. The van der Waals surface area contributed by atoms with E-state index < -0.39 is 5.60 Å². The molecule has 9 heteroatoms. The number of phenols is 1. The third-order valence-corrected chi connectivity index (χ3v) is 7.26. The molecule has 0 bridgehead atoms. The third-order valence-electron chi connectivity index (χ3n) is 7.26. The maximum Gasteiger partial charge on any atom is 0.262 e. The number of anilines is 1. The van der Waals surface area contributed by atoms with E-state index in [-0.39, 0.29) is 18.5 Å². The third kappa shape index (κ3) is 6.46. The number of rotatable bonds is 9. The molecule has 1 aliphatic rings. The molecule has 1 heterocycles. The van der Waals surface area contributed by atoms with Crippen molar-refractivity contribution in [3.8, 4) is 23.0 Å². The Bertz CT molecular complexity index is 1580. The molecule has 0 aromatic heterocycles. The number of nitrogens with two attached hydrogens (primary N) is 2. The average molecular weight is 555 g/mol. The largest absolute Gasteiger partial charge is 0.507 e. The van der Waals surface area contributed by atoms with Crippen molar-refractivity contribution in [1.29, 1.82) is 0 Å². The number of amides is 1. The molecule has 5 rings (SSSR count). The van der Waals surface area contributed by atoms with E-state index in [0.29, 0.717) is 41.7 Å². The number of nitrogens with one attached hydrogen (secondary N) is 1. The quantitative estimate of drug-likeness (QED) is 0.162. The number of carbonyl (C=O) groups is 1. The summed E-state index contributed by atoms with van der Waals surface area (Å²) in [5.74, 6) is 2.10. The van der Waals surface area contributed by atoms with E-state index in [4.69, 9.17) is 25.7 Å². The maximum absolute atomic E-state index is 12.3. The Labute approximate surface area is 238 Å². The van der Waals surface area contributed by atoms with E-state index in [2.05, 4.69) is 17.2 Å². The number of aromatic hydroxyl groups is 1. The van der Waals surface area contributed by atoms with Crippen LogP contribution >= 0.6 is 0 Å². The van der Waals surface area contributed by atoms with Crippen LogP contribution in [0.5, 0.6) is 23.0 Å². The van der Waals surface area contributed by atoms with Gasteiger partial charge in [-0.05, 0) is 80.8 Å². The zero-order valence-corrected chi connectivity index (χ0v) is 23.1. The van der Waals surface area contributed by atoms with Crippen molar-refractivity contribution in [1.82, 2.24) is 0 Å². The minimum Gasteiger partial charge on any atom is -0.507 e. The van der Waals surface area contributed by atoms with Crippen molar-refractivity contribution in [3.63, 3.8) is 0 Å². The Hall–Kier alpha value is -4.92. The number of hydrogen-bond acceptors (Lipinski definition) is 6. The van der Waals surface area contributed by atoms with Crippen molar-refractivity contribution < 1.29 is 24.1 Å². The summed E-state index contributed by atoms with van der Waals surface area (Å²) in [5, 5.41) is 15.2. The predicted octanol–water partition coefficient (Wildman–Crippen LogP) is 5.33. The summed E-state index contributed by atoms with van der Waals surface area (Å²) in [6, 6.07) is 21.8. The summed E-state index contributed by atoms with van der Waals surface area (Å²) in [4.78, 5) is 16.3. The minimum absolute atomic E-state index is 0.0282. The molecule has 9 nitrogen and oxygen atoms in total. The van der Waals surface area contributed by atoms with Crippen LogP contribution in [0.2, 0.25) is 0 Å². The number of carbonyl (C=O) groups excluding carboxylic acids is 1. The molecule has 1 atom stereocenters. The number of fused-ring (bicyclic) bond motifs is 3. The first kappa shape index (κ1) is 27.6. The van der Waals surface area contributed by atoms with Crippen LogP contribution in [0, 0.1) is 6.92 Å². The molecule has 41 heavy (non-hydrogen) atoms. The van der Waals surface area contributed by atoms with Crippen molar-refractivity contribution in [3.05, 3.63) is 83.9 Å². The lowest BCUT2D eigenvalue weighted by Crippen LogP contribution is -2.38. The maximum atomic E-state index is 12.3. The lowest BCUT2D eigenvalue weighted by atomic mass is 9.86. The highest BCUT2D eigenvalue weighted by atomic mass is 16.5. The van der Waals surface area contributed by atoms with Gasteiger partial charge in [0.1, 0.15) is 28.6 Å². The number of aliphatic imine (C=N–C) groups is 1. The molecule has 4 aromatic carbocycles. The fourth-order valence-electron chi connectivity index (χ4n) is 4.98. The van der Waals surface area contributed by atoms with Gasteiger partial charge in [-0.1, -0.05) is 24.3 Å². The molecule has 0 radical (unpaired) electrons. The van der Waals surface area contributed by atoms with Crippen LogP contribution in [0.25, 0.3) is 10.8 Å². The Morgan fingerprint density at radius 1 is 1.00 bits per heavy atom. The van der Waals surface area contributed by atoms with Gasteiger partial charge < -0.3 is 36.1 Å². The lowest BCUT2D eigenvalue weighted by Gasteiger charge is -2.37. The van der Waals surface area contributed by atoms with Crippen LogP contribution in [0.4, 0.5) is 11.4 Å². The fraction of sp³-hybridized carbons (Fsp3) is 0.250. The molecule has 0 fully saturated rings. The summed E-state index contributed by atoms with van der Waals surface area (Å²) in [6.07, 6.45) is 2.36. The molecule has 4 aromatic rings. The zero-order valence-electron chi connectivity index (χ0n) is 23.1. The van der Waals surface area contributed by atoms with E-state index in [1.54, 1.807) is 36.4 Å². The van der Waals surface area contributed by atoms with Crippen molar-refractivity contribution in [2.75, 3.05) is 18.5 Å². The topological polar surface area (TPSA) is 141 Å². The molecule has 0 aliphatic carbocycles. The highest BCUT2D eigenvalue weighted by Gasteiger charge is 2.34. The number of benzene rings is 4. The second kappa shape index (κ2) is 11.7. The first-order valence-corrected chi connectivity index (χ1v) is 13.5. The Balaban J connectivity index is 1.11. The Morgan fingerprint density at radius 2 is 1.66 bits per heavy atom. The highest BCUT2D eigenvalue weighted by Crippen LogP contribution is 2.45. The van der Waals surface area contributed by atoms with Gasteiger partial charge >= 0.3 is 0 Å². The van der Waals surface area contributed by atoms with Gasteiger partial charge in [-0.25, -0.2) is 4.99 Å². The molecule has 1 unspecified atom stereocenters. The van der Waals surface area contributed by atoms with Gasteiger partial charge in [0.2, 0.25) is 0 Å². The van der Waals surface area contributed by atoms with Crippen molar-refractivity contribution >= 4 is 34.0 Å². The van der Waals surface area contributed by atoms with Gasteiger partial charge in [0.05, 0.1) is 12.3 Å². The number of nitrogens with zero attached hydrogens (tertiary/aromatic N) is 1. The number of phenolic OH excluding ortho intramolecular Hbond substituents is 1. The summed E-state index contributed by atoms with van der Waals surface area (Å²) in [5.41, 5.74) is 13.5. The van der Waals surface area contributed by atoms with Crippen LogP contribution in [-0.4, -0.2) is 35.8 Å². The molecule has 0 saturated heterocycles. The summed E-state index contributed by atoms with van der Waals surface area (Å²) in [7, 11) is 0. The lowest BCUT2D eigenvalue weighted by molar-refractivity contribution is -0.118. The molecule has 0 saturated carbocycles. The first-order valence-electron chi connectivity index (χ1n) is 13.5. The Kier molecular flexibility index (Phi) is 7.87. The van der Waals surface area contributed by atoms with Gasteiger partial charge in [-0.15, -0.1) is 0 Å². The molecule has 212 valence electrons. The van der Waals surface area contributed by atoms with Gasteiger partial charge in [-0.3, -0.25) is 4.79 Å². The van der Waals surface area contributed by atoms with Crippen molar-refractivity contribution in [2.45, 2.75) is 38.7 Å². The average Bonchev–Trinajstić information content (AvgIpc) is 2.96. The minimum atomic E-state index is -0.390. The van der Waals surface area contributed by atoms with E-state index >= 15 is 0 Å². The molecule has 1 amide bonds. The van der Waals surface area contributed by atoms with Crippen LogP contribution in [0.3, 0.4) is 0 Å². The Morgan fingerprint density at radius 3 is 2.37 bits per heavy atom. The molecule has 6 N–H and O–H groups in total. The number of ether oxygens (including phenoxy) is 3. The number of hydrogen-bond donors (Lipinski definition) is 4. The van der Waals surface area contributed by atoms with Crippen LogP contribution in [0.15, 0.2) is 77.8 Å². The molecular formula is C32H34N4O5. The summed E-state index contributed by atoms with van der Waals surface area (Å²) < 4.78 is 18.1.